The zero-order valence-corrected chi connectivity index (χ0v) is 11.3. The summed E-state index contributed by atoms with van der Waals surface area (Å²) in [6.07, 6.45) is 0.931. The third-order valence-corrected chi connectivity index (χ3v) is 3.32. The molecule has 2 N–H and O–H groups in total. The Balaban J connectivity index is 2.02. The van der Waals surface area contributed by atoms with Gasteiger partial charge in [-0.25, -0.2) is 4.79 Å². The molecule has 0 fully saturated rings. The largest absolute Gasteiger partial charge is 0.477 e. The molecule has 6 heteroatoms. The maximum atomic E-state index is 10.7. The predicted octanol–water partition coefficient (Wildman–Crippen LogP) is 1.59. The van der Waals surface area contributed by atoms with Crippen LogP contribution in [0.3, 0.4) is 0 Å². The first-order chi connectivity index (χ1) is 8.74. The number of ether oxygens (including phenoxy) is 2. The molecule has 1 heterocycles. The molecule has 0 saturated carbocycles. The molecule has 0 amide bonds. The van der Waals surface area contributed by atoms with Crippen molar-refractivity contribution in [1.29, 1.82) is 0 Å². The molecular formula is C12H19NO4S. The minimum atomic E-state index is -0.863. The number of nitrogens with one attached hydrogen (secondary N) is 1. The molecule has 18 heavy (non-hydrogen) atoms. The van der Waals surface area contributed by atoms with Crippen molar-refractivity contribution in [2.24, 2.45) is 0 Å². The van der Waals surface area contributed by atoms with Gasteiger partial charge in [0.05, 0.1) is 13.2 Å². The number of carbonyl (C=O) groups is 1. The number of hydrogen-bond acceptors (Lipinski definition) is 5. The summed E-state index contributed by atoms with van der Waals surface area (Å²) in [5, 5.41) is 12.0. The monoisotopic (exact) mass is 273 g/mol. The van der Waals surface area contributed by atoms with Crippen molar-refractivity contribution in [2.45, 2.75) is 13.0 Å². The Kier molecular flexibility index (Phi) is 7.59. The van der Waals surface area contributed by atoms with Gasteiger partial charge in [-0.2, -0.15) is 0 Å². The summed E-state index contributed by atoms with van der Waals surface area (Å²) >= 11 is 1.31. The van der Waals surface area contributed by atoms with Gasteiger partial charge in [0.1, 0.15) is 4.88 Å². The van der Waals surface area contributed by atoms with Crippen molar-refractivity contribution >= 4 is 17.3 Å². The van der Waals surface area contributed by atoms with Crippen molar-refractivity contribution in [3.05, 3.63) is 21.9 Å². The Hall–Kier alpha value is -0.950. The highest BCUT2D eigenvalue weighted by atomic mass is 32.1. The van der Waals surface area contributed by atoms with Crippen LogP contribution < -0.4 is 5.32 Å². The van der Waals surface area contributed by atoms with Crippen molar-refractivity contribution in [2.75, 3.05) is 33.5 Å². The summed E-state index contributed by atoms with van der Waals surface area (Å²) in [6.45, 7) is 3.52. The van der Waals surface area contributed by atoms with Gasteiger partial charge in [0.25, 0.3) is 0 Å². The number of carboxylic acid groups (broad SMARTS) is 1. The predicted molar refractivity (Wildman–Crippen MR) is 70.3 cm³/mol. The highest BCUT2D eigenvalue weighted by Crippen LogP contribution is 2.15. The van der Waals surface area contributed by atoms with Crippen molar-refractivity contribution in [1.82, 2.24) is 5.32 Å². The summed E-state index contributed by atoms with van der Waals surface area (Å²) in [6, 6.07) is 3.48. The Morgan fingerprint density at radius 2 is 2.22 bits per heavy atom. The molecule has 0 aliphatic heterocycles. The maximum Gasteiger partial charge on any atom is 0.345 e. The third-order valence-electron chi connectivity index (χ3n) is 2.25. The quantitative estimate of drug-likeness (QED) is 0.634. The number of hydrogen-bond donors (Lipinski definition) is 2. The first-order valence-corrected chi connectivity index (χ1v) is 6.65. The van der Waals surface area contributed by atoms with Gasteiger partial charge in [-0.3, -0.25) is 0 Å². The number of thiophene rings is 1. The van der Waals surface area contributed by atoms with Crippen LogP contribution >= 0.6 is 11.3 Å². The van der Waals surface area contributed by atoms with Crippen molar-refractivity contribution in [3.63, 3.8) is 0 Å². The molecule has 102 valence electrons. The Labute approximate surface area is 111 Å². The topological polar surface area (TPSA) is 67.8 Å². The molecule has 0 aromatic carbocycles. The highest BCUT2D eigenvalue weighted by molar-refractivity contribution is 7.13. The third kappa shape index (κ3) is 6.11. The second kappa shape index (κ2) is 9.04. The molecule has 0 aliphatic rings. The number of carboxylic acids is 1. The summed E-state index contributed by atoms with van der Waals surface area (Å²) in [5.74, 6) is -0.863. The highest BCUT2D eigenvalue weighted by Gasteiger charge is 2.05. The zero-order valence-electron chi connectivity index (χ0n) is 10.5. The van der Waals surface area contributed by atoms with E-state index in [1.807, 2.05) is 6.07 Å². The van der Waals surface area contributed by atoms with Crippen LogP contribution in [0.4, 0.5) is 0 Å². The normalized spacial score (nSPS) is 10.7. The van der Waals surface area contributed by atoms with Crippen LogP contribution in [-0.2, 0) is 16.0 Å². The molecule has 1 aromatic heterocycles. The lowest BCUT2D eigenvalue weighted by Gasteiger charge is -2.04. The molecule has 5 nitrogen and oxygen atoms in total. The molecule has 0 aliphatic carbocycles. The molecular weight excluding hydrogens is 254 g/mol. The number of aromatic carboxylic acids is 1. The fourth-order valence-corrected chi connectivity index (χ4v) is 2.16. The summed E-state index contributed by atoms with van der Waals surface area (Å²) in [7, 11) is 1.65. The fraction of sp³-hybridized carbons (Fsp3) is 0.583. The average Bonchev–Trinajstić information content (AvgIpc) is 2.81. The van der Waals surface area contributed by atoms with E-state index < -0.39 is 5.97 Å². The van der Waals surface area contributed by atoms with E-state index in [0.29, 0.717) is 31.2 Å². The van der Waals surface area contributed by atoms with Gasteiger partial charge in [-0.05, 0) is 25.1 Å². The van der Waals surface area contributed by atoms with E-state index in [1.54, 1.807) is 13.2 Å². The Bertz CT molecular complexity index is 354. The minimum absolute atomic E-state index is 0.384. The van der Waals surface area contributed by atoms with E-state index in [0.717, 1.165) is 17.8 Å². The average molecular weight is 273 g/mol. The zero-order chi connectivity index (χ0) is 13.2. The SMILES string of the molecule is COCCOCCCNCc1ccc(C(=O)O)s1. The van der Waals surface area contributed by atoms with Crippen molar-refractivity contribution < 1.29 is 19.4 Å². The lowest BCUT2D eigenvalue weighted by molar-refractivity contribution is 0.0694. The van der Waals surface area contributed by atoms with Crippen LogP contribution in [0.5, 0.6) is 0 Å². The second-order valence-electron chi connectivity index (χ2n) is 3.71. The molecule has 0 radical (unpaired) electrons. The summed E-state index contributed by atoms with van der Waals surface area (Å²) in [5.41, 5.74) is 0. The van der Waals surface area contributed by atoms with Crippen LogP contribution in [0.25, 0.3) is 0 Å². The smallest absolute Gasteiger partial charge is 0.345 e. The van der Waals surface area contributed by atoms with Crippen LogP contribution in [0.2, 0.25) is 0 Å². The first-order valence-electron chi connectivity index (χ1n) is 5.83. The van der Waals surface area contributed by atoms with Gasteiger partial charge in [0.15, 0.2) is 0 Å². The standard InChI is InChI=1S/C12H19NO4S/c1-16-7-8-17-6-2-5-13-9-10-3-4-11(18-10)12(14)15/h3-4,13H,2,5-9H2,1H3,(H,14,15). The fourth-order valence-electron chi connectivity index (χ4n) is 1.34. The summed E-state index contributed by atoms with van der Waals surface area (Å²) in [4.78, 5) is 12.1. The molecule has 0 unspecified atom stereocenters. The molecule has 1 rings (SSSR count). The van der Waals surface area contributed by atoms with E-state index >= 15 is 0 Å². The lowest BCUT2D eigenvalue weighted by atomic mass is 10.4. The first kappa shape index (κ1) is 15.1. The molecule has 1 aromatic rings. The van der Waals surface area contributed by atoms with E-state index in [2.05, 4.69) is 5.32 Å². The Morgan fingerprint density at radius 1 is 1.39 bits per heavy atom. The van der Waals surface area contributed by atoms with Gasteiger partial charge in [-0.1, -0.05) is 0 Å². The van der Waals surface area contributed by atoms with Gasteiger partial charge in [0.2, 0.25) is 0 Å². The van der Waals surface area contributed by atoms with Gasteiger partial charge < -0.3 is 19.9 Å². The van der Waals surface area contributed by atoms with Crippen LogP contribution in [0.1, 0.15) is 21.0 Å². The van der Waals surface area contributed by atoms with E-state index in [9.17, 15) is 4.79 Å². The van der Waals surface area contributed by atoms with Gasteiger partial charge >= 0.3 is 5.97 Å². The lowest BCUT2D eigenvalue weighted by Crippen LogP contribution is -2.16. The van der Waals surface area contributed by atoms with Gasteiger partial charge in [-0.15, -0.1) is 11.3 Å². The molecule has 0 bridgehead atoms. The van der Waals surface area contributed by atoms with E-state index in [1.165, 1.54) is 11.3 Å². The molecule has 0 spiro atoms. The van der Waals surface area contributed by atoms with E-state index in [-0.39, 0.29) is 0 Å². The number of rotatable bonds is 10. The van der Waals surface area contributed by atoms with Crippen molar-refractivity contribution in [3.8, 4) is 0 Å². The molecule has 0 atom stereocenters. The van der Waals surface area contributed by atoms with Gasteiger partial charge in [0, 0.05) is 25.1 Å². The van der Waals surface area contributed by atoms with Crippen LogP contribution in [0.15, 0.2) is 12.1 Å². The second-order valence-corrected chi connectivity index (χ2v) is 4.87. The van der Waals surface area contributed by atoms with Crippen LogP contribution in [0, 0.1) is 0 Å². The Morgan fingerprint density at radius 3 is 2.89 bits per heavy atom. The molecule has 0 saturated heterocycles. The number of methoxy groups -OCH3 is 1. The maximum absolute atomic E-state index is 10.7. The summed E-state index contributed by atoms with van der Waals surface area (Å²) < 4.78 is 10.2. The van der Waals surface area contributed by atoms with Crippen LogP contribution in [-0.4, -0.2) is 44.6 Å². The minimum Gasteiger partial charge on any atom is -0.477 e. The van der Waals surface area contributed by atoms with E-state index in [4.69, 9.17) is 14.6 Å².